The van der Waals surface area contributed by atoms with Gasteiger partial charge in [-0.3, -0.25) is 9.59 Å². The zero-order chi connectivity index (χ0) is 16.9. The fourth-order valence-electron chi connectivity index (χ4n) is 3.28. The first-order valence-corrected chi connectivity index (χ1v) is 10.4. The molecule has 2 aliphatic rings. The molecule has 0 radical (unpaired) electrons. The van der Waals surface area contributed by atoms with E-state index in [0.29, 0.717) is 18.5 Å². The van der Waals surface area contributed by atoms with E-state index in [9.17, 15) is 18.0 Å². The van der Waals surface area contributed by atoms with Crippen LogP contribution in [0.15, 0.2) is 18.2 Å². The van der Waals surface area contributed by atoms with E-state index >= 15 is 0 Å². The molecule has 24 heavy (non-hydrogen) atoms. The minimum Gasteiger partial charge on any atom is -0.351 e. The number of sulfone groups is 1. The van der Waals surface area contributed by atoms with E-state index in [1.54, 1.807) is 6.07 Å². The summed E-state index contributed by atoms with van der Waals surface area (Å²) >= 11 is 1.44. The number of carbonyl (C=O) groups excluding carboxylic acids is 2. The van der Waals surface area contributed by atoms with Gasteiger partial charge in [0, 0.05) is 22.8 Å². The molecule has 0 bridgehead atoms. The third-order valence-corrected chi connectivity index (χ3v) is 7.47. The van der Waals surface area contributed by atoms with Crippen LogP contribution in [0.1, 0.15) is 32.0 Å². The maximum atomic E-state index is 12.4. The van der Waals surface area contributed by atoms with Crippen molar-refractivity contribution < 1.29 is 18.0 Å². The first-order valence-electron chi connectivity index (χ1n) is 7.78. The molecule has 0 saturated carbocycles. The van der Waals surface area contributed by atoms with Gasteiger partial charge in [0.1, 0.15) is 0 Å². The van der Waals surface area contributed by atoms with E-state index in [4.69, 9.17) is 0 Å². The van der Waals surface area contributed by atoms with Crippen molar-refractivity contribution in [1.82, 2.24) is 10.6 Å². The molecular weight excluding hydrogens is 348 g/mol. The molecule has 2 N–H and O–H groups in total. The van der Waals surface area contributed by atoms with Gasteiger partial charge in [0.25, 0.3) is 11.8 Å². The topological polar surface area (TPSA) is 92.3 Å². The second kappa shape index (κ2) is 5.56. The minimum atomic E-state index is -3.02. The zero-order valence-electron chi connectivity index (χ0n) is 12.8. The molecular formula is C16H16N2O4S2. The molecule has 0 spiro atoms. The molecule has 2 amide bonds. The molecule has 1 saturated heterocycles. The van der Waals surface area contributed by atoms with Crippen LogP contribution >= 0.6 is 11.3 Å². The van der Waals surface area contributed by atoms with Crippen molar-refractivity contribution in [1.29, 1.82) is 0 Å². The Kier molecular flexibility index (Phi) is 3.61. The number of hydrogen-bond donors (Lipinski definition) is 2. The van der Waals surface area contributed by atoms with Crippen molar-refractivity contribution in [2.75, 3.05) is 18.1 Å². The van der Waals surface area contributed by atoms with Crippen molar-refractivity contribution in [2.24, 2.45) is 0 Å². The Bertz CT molecular complexity index is 962. The summed E-state index contributed by atoms with van der Waals surface area (Å²) in [4.78, 5) is 25.1. The number of nitrogens with one attached hydrogen (secondary N) is 2. The monoisotopic (exact) mass is 364 g/mol. The van der Waals surface area contributed by atoms with Crippen molar-refractivity contribution in [3.05, 3.63) is 34.2 Å². The molecule has 0 aliphatic carbocycles. The number of fused-ring (bicyclic) bond motifs is 3. The lowest BCUT2D eigenvalue weighted by Crippen LogP contribution is -2.35. The van der Waals surface area contributed by atoms with Crippen LogP contribution in [-0.2, 0) is 16.3 Å². The summed E-state index contributed by atoms with van der Waals surface area (Å²) in [6.07, 6.45) is 1.22. The Hall–Kier alpha value is -1.93. The SMILES string of the molecule is O=C(N[C@H]1CCS(=O)(=O)C1)c1ccc2sc3c(c2c1)CCNC3=O. The average Bonchev–Trinajstić information content (AvgIpc) is 3.07. The van der Waals surface area contributed by atoms with E-state index in [0.717, 1.165) is 26.9 Å². The summed E-state index contributed by atoms with van der Waals surface area (Å²) in [5.41, 5.74) is 1.50. The number of carbonyl (C=O) groups is 2. The first kappa shape index (κ1) is 15.6. The molecule has 3 heterocycles. The lowest BCUT2D eigenvalue weighted by atomic mass is 10.0. The molecule has 4 rings (SSSR count). The Labute approximate surface area is 143 Å². The highest BCUT2D eigenvalue weighted by Crippen LogP contribution is 2.34. The minimum absolute atomic E-state index is 0.00893. The number of rotatable bonds is 2. The van der Waals surface area contributed by atoms with Gasteiger partial charge in [-0.05, 0) is 42.0 Å². The highest BCUT2D eigenvalue weighted by molar-refractivity contribution is 7.91. The van der Waals surface area contributed by atoms with Crippen LogP contribution in [0.25, 0.3) is 10.1 Å². The Balaban J connectivity index is 1.63. The molecule has 126 valence electrons. The highest BCUT2D eigenvalue weighted by atomic mass is 32.2. The molecule has 6 nitrogen and oxygen atoms in total. The second-order valence-corrected chi connectivity index (χ2v) is 9.48. The van der Waals surface area contributed by atoms with Crippen LogP contribution in [-0.4, -0.2) is 44.3 Å². The Morgan fingerprint density at radius 3 is 2.92 bits per heavy atom. The lowest BCUT2D eigenvalue weighted by Gasteiger charge is -2.13. The van der Waals surface area contributed by atoms with Crippen LogP contribution < -0.4 is 10.6 Å². The van der Waals surface area contributed by atoms with E-state index in [1.165, 1.54) is 11.3 Å². The van der Waals surface area contributed by atoms with Crippen molar-refractivity contribution in [3.8, 4) is 0 Å². The van der Waals surface area contributed by atoms with Gasteiger partial charge in [-0.2, -0.15) is 0 Å². The standard InChI is InChI=1S/C16H16N2O4S2/c19-15(18-10-4-6-24(21,22)8-10)9-1-2-13-12(7-9)11-3-5-17-16(20)14(11)23-13/h1-2,7,10H,3-6,8H2,(H,17,20)(H,18,19)/t10-/m0/s1. The van der Waals surface area contributed by atoms with Gasteiger partial charge in [-0.1, -0.05) is 0 Å². The summed E-state index contributed by atoms with van der Waals surface area (Å²) in [6, 6.07) is 5.06. The number of thiophene rings is 1. The number of hydrogen-bond acceptors (Lipinski definition) is 5. The van der Waals surface area contributed by atoms with Crippen LogP contribution in [0.4, 0.5) is 0 Å². The number of benzene rings is 1. The summed E-state index contributed by atoms with van der Waals surface area (Å²) in [5.74, 6) is -0.183. The zero-order valence-corrected chi connectivity index (χ0v) is 14.4. The fraction of sp³-hybridized carbons (Fsp3) is 0.375. The third kappa shape index (κ3) is 2.69. The number of amides is 2. The highest BCUT2D eigenvalue weighted by Gasteiger charge is 2.29. The third-order valence-electron chi connectivity index (χ3n) is 4.49. The fourth-order valence-corrected chi connectivity index (χ4v) is 6.10. The molecule has 1 aromatic heterocycles. The van der Waals surface area contributed by atoms with Gasteiger partial charge in [0.05, 0.1) is 16.4 Å². The van der Waals surface area contributed by atoms with Gasteiger partial charge in [0.15, 0.2) is 9.84 Å². The first-order chi connectivity index (χ1) is 11.4. The second-order valence-electron chi connectivity index (χ2n) is 6.20. The summed E-state index contributed by atoms with van der Waals surface area (Å²) < 4.78 is 24.0. The molecule has 2 aromatic rings. The van der Waals surface area contributed by atoms with E-state index in [2.05, 4.69) is 10.6 Å². The van der Waals surface area contributed by atoms with Gasteiger partial charge >= 0.3 is 0 Å². The smallest absolute Gasteiger partial charge is 0.261 e. The van der Waals surface area contributed by atoms with Gasteiger partial charge in [-0.15, -0.1) is 11.3 Å². The van der Waals surface area contributed by atoms with Crippen LogP contribution in [0.3, 0.4) is 0 Å². The molecule has 2 aliphatic heterocycles. The predicted molar refractivity (Wildman–Crippen MR) is 92.4 cm³/mol. The van der Waals surface area contributed by atoms with E-state index < -0.39 is 9.84 Å². The molecule has 8 heteroatoms. The molecule has 1 atom stereocenters. The van der Waals surface area contributed by atoms with Gasteiger partial charge < -0.3 is 10.6 Å². The molecule has 1 fully saturated rings. The normalized spacial score (nSPS) is 22.2. The van der Waals surface area contributed by atoms with Crippen molar-refractivity contribution in [2.45, 2.75) is 18.9 Å². The Morgan fingerprint density at radius 2 is 2.17 bits per heavy atom. The predicted octanol–water partition coefficient (Wildman–Crippen LogP) is 1.10. The summed E-state index contributed by atoms with van der Waals surface area (Å²) in [7, 11) is -3.02. The van der Waals surface area contributed by atoms with Crippen LogP contribution in [0.2, 0.25) is 0 Å². The van der Waals surface area contributed by atoms with Crippen LogP contribution in [0.5, 0.6) is 0 Å². The van der Waals surface area contributed by atoms with Gasteiger partial charge in [0.2, 0.25) is 0 Å². The van der Waals surface area contributed by atoms with Crippen LogP contribution in [0, 0.1) is 0 Å². The molecule has 0 unspecified atom stereocenters. The maximum absolute atomic E-state index is 12.4. The van der Waals surface area contributed by atoms with E-state index in [-0.39, 0.29) is 29.4 Å². The summed E-state index contributed by atoms with van der Waals surface area (Å²) in [5, 5.41) is 6.57. The quantitative estimate of drug-likeness (QED) is 0.835. The largest absolute Gasteiger partial charge is 0.351 e. The van der Waals surface area contributed by atoms with Gasteiger partial charge in [-0.25, -0.2) is 8.42 Å². The lowest BCUT2D eigenvalue weighted by molar-refractivity contribution is 0.0937. The van der Waals surface area contributed by atoms with Crippen molar-refractivity contribution >= 4 is 43.1 Å². The van der Waals surface area contributed by atoms with E-state index in [1.807, 2.05) is 12.1 Å². The summed E-state index contributed by atoms with van der Waals surface area (Å²) in [6.45, 7) is 0.605. The average molecular weight is 364 g/mol. The van der Waals surface area contributed by atoms with Crippen molar-refractivity contribution in [3.63, 3.8) is 0 Å². The maximum Gasteiger partial charge on any atom is 0.261 e. The Morgan fingerprint density at radius 1 is 1.33 bits per heavy atom. The molecule has 1 aromatic carbocycles.